The van der Waals surface area contributed by atoms with Gasteiger partial charge in [-0.3, -0.25) is 0 Å². The average Bonchev–Trinajstić information content (AvgIpc) is 3.37. The minimum absolute atomic E-state index is 0.0629. The first kappa shape index (κ1) is 51.7. The Morgan fingerprint density at radius 3 is 1.10 bits per heavy atom. The zero-order valence-corrected chi connectivity index (χ0v) is 35.1. The smallest absolute Gasteiger partial charge is 0.403 e. The predicted octanol–water partition coefficient (Wildman–Crippen LogP) is 10.5. The summed E-state index contributed by atoms with van der Waals surface area (Å²) in [5.41, 5.74) is -11.5. The van der Waals surface area contributed by atoms with Gasteiger partial charge in [0.05, 0.1) is 0 Å². The highest BCUT2D eigenvalue weighted by molar-refractivity contribution is 7.20. The van der Waals surface area contributed by atoms with Gasteiger partial charge in [0.2, 0.25) is 5.52 Å². The molecule has 1 aliphatic rings. The topological polar surface area (TPSA) is 30.2 Å². The van der Waals surface area contributed by atoms with E-state index in [0.29, 0.717) is 12.2 Å². The summed E-state index contributed by atoms with van der Waals surface area (Å²) in [5, 5.41) is 1.12. The van der Waals surface area contributed by atoms with Crippen molar-refractivity contribution in [2.45, 2.75) is 44.8 Å². The normalized spacial score (nSPS) is 13.1. The van der Waals surface area contributed by atoms with Crippen LogP contribution in [0.25, 0.3) is 10.9 Å². The second-order valence-corrected chi connectivity index (χ2v) is 15.8. The number of ether oxygens (including phenoxy) is 1. The van der Waals surface area contributed by atoms with Crippen molar-refractivity contribution in [3.63, 3.8) is 0 Å². The molecule has 372 valence electrons. The molecule has 0 atom stereocenters. The highest BCUT2D eigenvalue weighted by atomic mass is 19.2. The predicted molar refractivity (Wildman–Crippen MR) is 211 cm³/mol. The molecule has 0 spiro atoms. The maximum atomic E-state index is 15.4. The third-order valence-electron chi connectivity index (χ3n) is 11.9. The van der Waals surface area contributed by atoms with Crippen molar-refractivity contribution < 1.29 is 102 Å². The fourth-order valence-electron chi connectivity index (χ4n) is 8.65. The minimum atomic E-state index is -7.22. The number of rotatable bonds is 8. The second-order valence-electron chi connectivity index (χ2n) is 15.8. The van der Waals surface area contributed by atoms with E-state index in [4.69, 9.17) is 4.74 Å². The number of pyridine rings is 1. The van der Waals surface area contributed by atoms with E-state index in [2.05, 4.69) is 28.8 Å². The number of hydrogen-bond donors (Lipinski definition) is 0. The van der Waals surface area contributed by atoms with Crippen molar-refractivity contribution in [2.75, 3.05) is 0 Å². The number of esters is 1. The number of benzene rings is 6. The number of aromatic nitrogens is 1. The molecule has 8 rings (SSSR count). The van der Waals surface area contributed by atoms with E-state index in [9.17, 15) is 57.5 Å². The van der Waals surface area contributed by atoms with Crippen LogP contribution in [0.3, 0.4) is 0 Å². The highest BCUT2D eigenvalue weighted by Crippen LogP contribution is 2.31. The first-order valence-electron chi connectivity index (χ1n) is 20.4. The molecule has 24 heteroatoms. The maximum Gasteiger partial charge on any atom is 0.403 e. The van der Waals surface area contributed by atoms with Crippen molar-refractivity contribution in [1.82, 2.24) is 0 Å². The van der Waals surface area contributed by atoms with Crippen LogP contribution in [0.4, 0.5) is 87.8 Å². The Kier molecular flexibility index (Phi) is 14.5. The lowest BCUT2D eigenvalue weighted by Gasteiger charge is -2.44. The van der Waals surface area contributed by atoms with Gasteiger partial charge in [-0.2, -0.15) is 4.57 Å². The molecule has 1 saturated carbocycles. The SMILES string of the molecule is Fc1c(F)c(F)c([B-](c2c(F)c(F)c(F)c(F)c2F)(c2c(F)c(F)c(F)c(F)c2F)c2c(F)c(F)c(F)c(F)c2F)c(F)c1F.O=C(OC1CCCCC1)c1ccc2ccccc2[n+]1Cc1ccccc1. The van der Waals surface area contributed by atoms with Crippen LogP contribution in [0.5, 0.6) is 0 Å². The number of carbonyl (C=O) groups is 1. The molecule has 0 bridgehead atoms. The molecule has 0 N–H and O–H groups in total. The Hall–Kier alpha value is -7.14. The van der Waals surface area contributed by atoms with E-state index in [-0.39, 0.29) is 12.1 Å². The summed E-state index contributed by atoms with van der Waals surface area (Å²) < 4.78 is 302. The maximum absolute atomic E-state index is 15.4. The molecule has 1 heterocycles. The van der Waals surface area contributed by atoms with E-state index in [1.807, 2.05) is 42.5 Å². The van der Waals surface area contributed by atoms with Crippen molar-refractivity contribution in [3.8, 4) is 0 Å². The number of halogens is 20. The highest BCUT2D eigenvalue weighted by Gasteiger charge is 2.52. The Labute approximate surface area is 385 Å². The standard InChI is InChI=1S/C24BF20.C23H24NO2/c26-5-1(6(27)14(35)21(42)13(5)34)25(2-7(28)15(36)22(43)16(37)8(2)29,3-9(30)17(38)23(44)18(39)10(3)31)4-11(32)19(40)24(45)20(41)12(4)33;25-23(26-20-12-5-2-6-13-20)22-16-15-19-11-7-8-14-21(19)24(22)17-18-9-3-1-4-10-18/h;1,3-4,7-11,14-16,20H,2,5-6,12-13,17H2/q-1;+1. The Morgan fingerprint density at radius 1 is 0.408 bits per heavy atom. The van der Waals surface area contributed by atoms with Crippen molar-refractivity contribution in [1.29, 1.82) is 0 Å². The van der Waals surface area contributed by atoms with Crippen LogP contribution < -0.4 is 26.4 Å². The second kappa shape index (κ2) is 19.9. The lowest BCUT2D eigenvalue weighted by atomic mass is 9.12. The molecular weight excluding hydrogens is 1000 g/mol. The van der Waals surface area contributed by atoms with Gasteiger partial charge < -0.3 is 4.74 Å². The van der Waals surface area contributed by atoms with Gasteiger partial charge in [0.25, 0.3) is 5.69 Å². The summed E-state index contributed by atoms with van der Waals surface area (Å²) in [4.78, 5) is 12.9. The molecule has 6 aromatic carbocycles. The number of nitrogens with zero attached hydrogens (tertiary/aromatic N) is 1. The molecule has 0 aliphatic heterocycles. The lowest BCUT2D eigenvalue weighted by molar-refractivity contribution is -0.665. The van der Waals surface area contributed by atoms with Gasteiger partial charge in [-0.1, -0.05) is 48.9 Å². The van der Waals surface area contributed by atoms with Gasteiger partial charge in [-0.25, -0.2) is 92.6 Å². The number of para-hydroxylation sites is 1. The van der Waals surface area contributed by atoms with Gasteiger partial charge in [0, 0.05) is 23.1 Å². The molecule has 0 amide bonds. The van der Waals surface area contributed by atoms with E-state index >= 15 is 35.1 Å². The van der Waals surface area contributed by atoms with Crippen LogP contribution >= 0.6 is 0 Å². The molecular formula is C47H24BF20NO2. The molecule has 0 radical (unpaired) electrons. The zero-order valence-electron chi connectivity index (χ0n) is 35.1. The molecule has 1 aromatic heterocycles. The van der Waals surface area contributed by atoms with Crippen LogP contribution in [0.1, 0.15) is 48.2 Å². The summed E-state index contributed by atoms with van der Waals surface area (Å²) in [7, 11) is 0. The molecule has 0 saturated heterocycles. The quantitative estimate of drug-likeness (QED) is 0.0379. The van der Waals surface area contributed by atoms with Gasteiger partial charge in [-0.05, 0) is 37.8 Å². The molecule has 71 heavy (non-hydrogen) atoms. The average molecular weight is 1030 g/mol. The first-order valence-corrected chi connectivity index (χ1v) is 20.4. The third kappa shape index (κ3) is 8.57. The fraction of sp³-hybridized carbons (Fsp3) is 0.149. The minimum Gasteiger partial charge on any atom is -0.454 e. The fourth-order valence-corrected chi connectivity index (χ4v) is 8.65. The number of carbonyl (C=O) groups excluding carboxylic acids is 1. The van der Waals surface area contributed by atoms with E-state index in [0.717, 1.165) is 36.6 Å². The number of fused-ring (bicyclic) bond motifs is 1. The zero-order chi connectivity index (χ0) is 52.1. The van der Waals surface area contributed by atoms with Crippen molar-refractivity contribution >= 4 is 44.9 Å². The monoisotopic (exact) mass is 1030 g/mol. The van der Waals surface area contributed by atoms with Crippen molar-refractivity contribution in [2.24, 2.45) is 0 Å². The lowest BCUT2D eigenvalue weighted by Crippen LogP contribution is -2.81. The van der Waals surface area contributed by atoms with Gasteiger partial charge in [0.15, 0.2) is 76.4 Å². The molecule has 0 unspecified atom stereocenters. The van der Waals surface area contributed by atoms with E-state index in [1.54, 1.807) is 0 Å². The van der Waals surface area contributed by atoms with E-state index < -0.39 is 144 Å². The largest absolute Gasteiger partial charge is 0.454 e. The number of hydrogen-bond acceptors (Lipinski definition) is 2. The van der Waals surface area contributed by atoms with E-state index in [1.165, 1.54) is 12.0 Å². The summed E-state index contributed by atoms with van der Waals surface area (Å²) in [6.45, 7) is 0.650. The molecule has 1 fully saturated rings. The van der Waals surface area contributed by atoms with Crippen LogP contribution in [-0.2, 0) is 11.3 Å². The summed E-state index contributed by atoms with van der Waals surface area (Å²) >= 11 is 0. The van der Waals surface area contributed by atoms with Gasteiger partial charge in [-0.15, -0.1) is 21.9 Å². The van der Waals surface area contributed by atoms with Crippen LogP contribution in [0, 0.1) is 116 Å². The first-order chi connectivity index (χ1) is 33.5. The van der Waals surface area contributed by atoms with Gasteiger partial charge >= 0.3 is 5.97 Å². The van der Waals surface area contributed by atoms with Crippen LogP contribution in [-0.4, -0.2) is 18.2 Å². The summed E-state index contributed by atoms with van der Waals surface area (Å²) in [6, 6.07) is 22.3. The third-order valence-corrected chi connectivity index (χ3v) is 11.9. The summed E-state index contributed by atoms with van der Waals surface area (Å²) in [6.07, 6.45) is -1.63. The summed E-state index contributed by atoms with van der Waals surface area (Å²) in [5.74, 6) is -71.6. The van der Waals surface area contributed by atoms with Gasteiger partial charge in [0.1, 0.15) is 58.8 Å². The van der Waals surface area contributed by atoms with Crippen molar-refractivity contribution in [3.05, 3.63) is 194 Å². The Balaban J connectivity index is 0.000000240. The van der Waals surface area contributed by atoms with Crippen LogP contribution in [0.2, 0.25) is 0 Å². The van der Waals surface area contributed by atoms with Crippen LogP contribution in [0.15, 0.2) is 66.7 Å². The molecule has 1 aliphatic carbocycles. The Morgan fingerprint density at radius 2 is 0.732 bits per heavy atom. The molecule has 7 aromatic rings. The molecule has 3 nitrogen and oxygen atoms in total. The Bertz CT molecular complexity index is 2890.